The van der Waals surface area contributed by atoms with Crippen LogP contribution in [-0.4, -0.2) is 23.9 Å². The molecule has 0 aromatic carbocycles. The molecule has 0 atom stereocenters. The standard InChI is InChI=1S/C11H11F3INO3/c1-3-18-8(17)5-7-4-6(2)16-10(9(7)15)19-11(12,13)14/h4H,3,5H2,1-2H3. The highest BCUT2D eigenvalue weighted by Crippen LogP contribution is 2.29. The van der Waals surface area contributed by atoms with Crippen molar-refractivity contribution in [2.45, 2.75) is 26.6 Å². The Morgan fingerprint density at radius 1 is 1.47 bits per heavy atom. The summed E-state index contributed by atoms with van der Waals surface area (Å²) in [4.78, 5) is 15.0. The van der Waals surface area contributed by atoms with Gasteiger partial charge < -0.3 is 9.47 Å². The number of aryl methyl sites for hydroxylation is 1. The third kappa shape index (κ3) is 5.21. The molecule has 0 amide bonds. The first-order valence-electron chi connectivity index (χ1n) is 5.30. The van der Waals surface area contributed by atoms with Crippen LogP contribution in [0.25, 0.3) is 0 Å². The van der Waals surface area contributed by atoms with E-state index in [2.05, 4.69) is 9.72 Å². The Morgan fingerprint density at radius 2 is 2.11 bits per heavy atom. The molecule has 0 aliphatic heterocycles. The SMILES string of the molecule is CCOC(=O)Cc1cc(C)nc(OC(F)(F)F)c1I. The quantitative estimate of drug-likeness (QED) is 0.587. The Morgan fingerprint density at radius 3 is 2.63 bits per heavy atom. The zero-order valence-electron chi connectivity index (χ0n) is 10.2. The molecule has 1 rings (SSSR count). The van der Waals surface area contributed by atoms with Gasteiger partial charge in [-0.05, 0) is 48.1 Å². The van der Waals surface area contributed by atoms with Gasteiger partial charge in [0.05, 0.1) is 16.6 Å². The lowest BCUT2D eigenvalue weighted by Crippen LogP contribution is -2.20. The molecule has 106 valence electrons. The number of carbonyl (C=O) groups excluding carboxylic acids is 1. The first-order chi connectivity index (χ1) is 8.73. The molecule has 1 heterocycles. The third-order valence-corrected chi connectivity index (χ3v) is 3.14. The van der Waals surface area contributed by atoms with Gasteiger partial charge in [0.1, 0.15) is 0 Å². The number of rotatable bonds is 4. The number of hydrogen-bond donors (Lipinski definition) is 0. The van der Waals surface area contributed by atoms with Gasteiger partial charge in [0.25, 0.3) is 0 Å². The molecule has 8 heteroatoms. The van der Waals surface area contributed by atoms with Crippen LogP contribution < -0.4 is 4.74 Å². The van der Waals surface area contributed by atoms with Crippen molar-refractivity contribution in [1.82, 2.24) is 4.98 Å². The van der Waals surface area contributed by atoms with E-state index in [9.17, 15) is 18.0 Å². The summed E-state index contributed by atoms with van der Waals surface area (Å²) in [5, 5.41) is 0. The Hall–Kier alpha value is -1.06. The molecular weight excluding hydrogens is 378 g/mol. The normalized spacial score (nSPS) is 11.3. The minimum absolute atomic E-state index is 0.121. The van der Waals surface area contributed by atoms with Crippen LogP contribution in [-0.2, 0) is 16.0 Å². The van der Waals surface area contributed by atoms with Gasteiger partial charge in [-0.3, -0.25) is 4.79 Å². The first kappa shape index (κ1) is 16.0. The zero-order chi connectivity index (χ0) is 14.6. The van der Waals surface area contributed by atoms with Gasteiger partial charge in [-0.2, -0.15) is 0 Å². The van der Waals surface area contributed by atoms with Crippen molar-refractivity contribution in [1.29, 1.82) is 0 Å². The number of halogens is 4. The van der Waals surface area contributed by atoms with E-state index in [1.165, 1.54) is 13.0 Å². The molecule has 0 aliphatic rings. The number of ether oxygens (including phenoxy) is 2. The molecule has 0 saturated carbocycles. The minimum atomic E-state index is -4.82. The number of alkyl halides is 3. The van der Waals surface area contributed by atoms with Crippen LogP contribution in [0.2, 0.25) is 0 Å². The van der Waals surface area contributed by atoms with E-state index in [1.54, 1.807) is 29.5 Å². The van der Waals surface area contributed by atoms with Gasteiger partial charge in [0, 0.05) is 5.69 Å². The summed E-state index contributed by atoms with van der Waals surface area (Å²) in [5.41, 5.74) is 0.727. The molecule has 0 N–H and O–H groups in total. The smallest absolute Gasteiger partial charge is 0.466 e. The summed E-state index contributed by atoms with van der Waals surface area (Å²) in [5.74, 6) is -1.06. The highest BCUT2D eigenvalue weighted by Gasteiger charge is 2.33. The number of hydrogen-bond acceptors (Lipinski definition) is 4. The van der Waals surface area contributed by atoms with E-state index >= 15 is 0 Å². The van der Waals surface area contributed by atoms with E-state index in [-0.39, 0.29) is 16.6 Å². The lowest BCUT2D eigenvalue weighted by Gasteiger charge is -2.13. The van der Waals surface area contributed by atoms with Crippen molar-refractivity contribution in [3.8, 4) is 5.88 Å². The predicted molar refractivity (Wildman–Crippen MR) is 68.7 cm³/mol. The van der Waals surface area contributed by atoms with E-state index in [1.807, 2.05) is 0 Å². The Bertz CT molecular complexity index is 477. The maximum absolute atomic E-state index is 12.2. The summed E-state index contributed by atoms with van der Waals surface area (Å²) >= 11 is 1.66. The van der Waals surface area contributed by atoms with Crippen LogP contribution in [0.15, 0.2) is 6.07 Å². The molecule has 4 nitrogen and oxygen atoms in total. The Kier molecular flexibility index (Phi) is 5.39. The molecule has 0 aliphatic carbocycles. The maximum atomic E-state index is 12.2. The fourth-order valence-electron chi connectivity index (χ4n) is 1.37. The second-order valence-corrected chi connectivity index (χ2v) is 4.65. The summed E-state index contributed by atoms with van der Waals surface area (Å²) in [6.45, 7) is 3.39. The van der Waals surface area contributed by atoms with E-state index < -0.39 is 18.2 Å². The summed E-state index contributed by atoms with van der Waals surface area (Å²) < 4.78 is 45.4. The van der Waals surface area contributed by atoms with Gasteiger partial charge in [0.2, 0.25) is 5.88 Å². The van der Waals surface area contributed by atoms with Crippen molar-refractivity contribution in [3.63, 3.8) is 0 Å². The number of pyridine rings is 1. The summed E-state index contributed by atoms with van der Waals surface area (Å²) in [6.07, 6.45) is -4.94. The van der Waals surface area contributed by atoms with Crippen molar-refractivity contribution in [3.05, 3.63) is 20.9 Å². The average Bonchev–Trinajstić information content (AvgIpc) is 2.23. The van der Waals surface area contributed by atoms with Crippen LogP contribution in [0.1, 0.15) is 18.2 Å². The van der Waals surface area contributed by atoms with E-state index in [4.69, 9.17) is 4.74 Å². The largest absolute Gasteiger partial charge is 0.574 e. The highest BCUT2D eigenvalue weighted by molar-refractivity contribution is 14.1. The predicted octanol–water partition coefficient (Wildman–Crippen LogP) is 3.00. The first-order valence-corrected chi connectivity index (χ1v) is 6.38. The fourth-order valence-corrected chi connectivity index (χ4v) is 1.94. The number of aromatic nitrogens is 1. The van der Waals surface area contributed by atoms with Crippen LogP contribution in [0.4, 0.5) is 13.2 Å². The van der Waals surface area contributed by atoms with Crippen molar-refractivity contribution >= 4 is 28.6 Å². The maximum Gasteiger partial charge on any atom is 0.574 e. The van der Waals surface area contributed by atoms with Crippen molar-refractivity contribution in [2.75, 3.05) is 6.61 Å². The van der Waals surface area contributed by atoms with Gasteiger partial charge in [-0.1, -0.05) is 0 Å². The molecule has 0 bridgehead atoms. The lowest BCUT2D eigenvalue weighted by atomic mass is 10.1. The van der Waals surface area contributed by atoms with Gasteiger partial charge >= 0.3 is 12.3 Å². The minimum Gasteiger partial charge on any atom is -0.466 e. The summed E-state index contributed by atoms with van der Waals surface area (Å²) in [7, 11) is 0. The monoisotopic (exact) mass is 389 g/mol. The van der Waals surface area contributed by atoms with Gasteiger partial charge in [-0.25, -0.2) is 4.98 Å². The van der Waals surface area contributed by atoms with Crippen LogP contribution in [0, 0.1) is 10.5 Å². The van der Waals surface area contributed by atoms with Crippen LogP contribution in [0.5, 0.6) is 5.88 Å². The molecule has 0 spiro atoms. The second kappa shape index (κ2) is 6.40. The van der Waals surface area contributed by atoms with Gasteiger partial charge in [0.15, 0.2) is 0 Å². The number of esters is 1. The molecule has 1 aromatic rings. The lowest BCUT2D eigenvalue weighted by molar-refractivity contribution is -0.276. The molecule has 0 saturated heterocycles. The van der Waals surface area contributed by atoms with Crippen LogP contribution >= 0.6 is 22.6 Å². The fraction of sp³-hybridized carbons (Fsp3) is 0.455. The highest BCUT2D eigenvalue weighted by atomic mass is 127. The second-order valence-electron chi connectivity index (χ2n) is 3.57. The van der Waals surface area contributed by atoms with E-state index in [0.29, 0.717) is 11.3 Å². The Balaban J connectivity index is 3.03. The van der Waals surface area contributed by atoms with Crippen molar-refractivity contribution in [2.24, 2.45) is 0 Å². The molecule has 1 aromatic heterocycles. The Labute approximate surface area is 121 Å². The zero-order valence-corrected chi connectivity index (χ0v) is 12.3. The average molecular weight is 389 g/mol. The molecular formula is C11H11F3INO3. The third-order valence-electron chi connectivity index (χ3n) is 1.98. The number of carbonyl (C=O) groups is 1. The molecule has 0 fully saturated rings. The molecule has 0 radical (unpaired) electrons. The van der Waals surface area contributed by atoms with E-state index in [0.717, 1.165) is 0 Å². The molecule has 19 heavy (non-hydrogen) atoms. The topological polar surface area (TPSA) is 48.4 Å². The van der Waals surface area contributed by atoms with Gasteiger partial charge in [-0.15, -0.1) is 13.2 Å². The number of nitrogens with zero attached hydrogens (tertiary/aromatic N) is 1. The molecule has 0 unspecified atom stereocenters. The van der Waals surface area contributed by atoms with Crippen LogP contribution in [0.3, 0.4) is 0 Å². The van der Waals surface area contributed by atoms with Crippen molar-refractivity contribution < 1.29 is 27.4 Å². The summed E-state index contributed by atoms with van der Waals surface area (Å²) in [6, 6.07) is 1.53.